The quantitative estimate of drug-likeness (QED) is 0.117. The first-order valence-electron chi connectivity index (χ1n) is 12.2. The standard InChI is InChI=1S/C24H50O2Si/c1-5-7-8-9-10-11-12-13-14-15-16-17-18-19-20-21-22-27(3,4)23-24(25)26-6-2/h5-23H2,1-4H3. The highest BCUT2D eigenvalue weighted by Crippen LogP contribution is 2.21. The number of esters is 1. The maximum atomic E-state index is 11.6. The van der Waals surface area contributed by atoms with Gasteiger partial charge in [0.25, 0.3) is 0 Å². The van der Waals surface area contributed by atoms with Gasteiger partial charge in [-0.15, -0.1) is 0 Å². The molecule has 0 saturated carbocycles. The summed E-state index contributed by atoms with van der Waals surface area (Å²) < 4.78 is 5.11. The van der Waals surface area contributed by atoms with E-state index in [0.29, 0.717) is 12.7 Å². The van der Waals surface area contributed by atoms with Crippen molar-refractivity contribution in [2.24, 2.45) is 0 Å². The molecule has 0 rings (SSSR count). The number of hydrogen-bond acceptors (Lipinski definition) is 2. The zero-order valence-corrected chi connectivity index (χ0v) is 20.3. The Morgan fingerprint density at radius 1 is 0.630 bits per heavy atom. The Morgan fingerprint density at radius 2 is 1.00 bits per heavy atom. The summed E-state index contributed by atoms with van der Waals surface area (Å²) in [6.07, 6.45) is 22.7. The number of hydrogen-bond donors (Lipinski definition) is 0. The summed E-state index contributed by atoms with van der Waals surface area (Å²) in [6, 6.07) is 1.96. The first-order chi connectivity index (χ1) is 13.0. The molecule has 27 heavy (non-hydrogen) atoms. The Hall–Kier alpha value is -0.313. The Morgan fingerprint density at radius 3 is 1.37 bits per heavy atom. The van der Waals surface area contributed by atoms with Crippen LogP contribution in [-0.2, 0) is 9.53 Å². The molecule has 0 bridgehead atoms. The van der Waals surface area contributed by atoms with Gasteiger partial charge >= 0.3 is 5.97 Å². The number of rotatable bonds is 20. The van der Waals surface area contributed by atoms with Gasteiger partial charge < -0.3 is 4.74 Å². The third-order valence-electron chi connectivity index (χ3n) is 5.64. The molecule has 0 spiro atoms. The van der Waals surface area contributed by atoms with Gasteiger partial charge in [-0.05, 0) is 6.92 Å². The molecule has 0 aromatic carbocycles. The highest BCUT2D eigenvalue weighted by Gasteiger charge is 2.24. The molecule has 0 aromatic rings. The zero-order valence-electron chi connectivity index (χ0n) is 19.3. The predicted octanol–water partition coefficient (Wildman–Crippen LogP) is 8.52. The molecule has 0 saturated heterocycles. The molecule has 0 aromatic heterocycles. The minimum Gasteiger partial charge on any atom is -0.466 e. The second-order valence-corrected chi connectivity index (χ2v) is 14.4. The van der Waals surface area contributed by atoms with Crippen molar-refractivity contribution in [1.82, 2.24) is 0 Å². The smallest absolute Gasteiger partial charge is 0.303 e. The second-order valence-electron chi connectivity index (χ2n) is 9.20. The zero-order chi connectivity index (χ0) is 20.2. The van der Waals surface area contributed by atoms with Crippen molar-refractivity contribution >= 4 is 14.0 Å². The van der Waals surface area contributed by atoms with E-state index in [4.69, 9.17) is 4.74 Å². The van der Waals surface area contributed by atoms with E-state index in [1.807, 2.05) is 6.92 Å². The van der Waals surface area contributed by atoms with Crippen LogP contribution < -0.4 is 0 Å². The van der Waals surface area contributed by atoms with Crippen LogP contribution in [0.5, 0.6) is 0 Å². The van der Waals surface area contributed by atoms with Crippen molar-refractivity contribution in [3.63, 3.8) is 0 Å². The lowest BCUT2D eigenvalue weighted by Crippen LogP contribution is -2.29. The molecule has 0 aliphatic rings. The summed E-state index contributed by atoms with van der Waals surface area (Å²) in [6.45, 7) is 9.35. The van der Waals surface area contributed by atoms with Crippen LogP contribution in [0.4, 0.5) is 0 Å². The lowest BCUT2D eigenvalue weighted by Gasteiger charge is -2.20. The molecule has 162 valence electrons. The maximum absolute atomic E-state index is 11.6. The molecular formula is C24H50O2Si. The SMILES string of the molecule is CCCCCCCCCCCCCCCCCC[Si](C)(C)CC(=O)OCC. The molecule has 2 nitrogen and oxygen atoms in total. The van der Waals surface area contributed by atoms with Crippen molar-refractivity contribution in [2.45, 2.75) is 142 Å². The fraction of sp³-hybridized carbons (Fsp3) is 0.958. The van der Waals surface area contributed by atoms with Gasteiger partial charge in [0.1, 0.15) is 0 Å². The van der Waals surface area contributed by atoms with Crippen molar-refractivity contribution in [3.8, 4) is 0 Å². The van der Waals surface area contributed by atoms with E-state index in [2.05, 4.69) is 20.0 Å². The molecule has 0 heterocycles. The van der Waals surface area contributed by atoms with Gasteiger partial charge in [-0.2, -0.15) is 0 Å². The first kappa shape index (κ1) is 26.7. The summed E-state index contributed by atoms with van der Waals surface area (Å²) in [5, 5.41) is 0. The maximum Gasteiger partial charge on any atom is 0.303 e. The molecule has 0 fully saturated rings. The topological polar surface area (TPSA) is 26.3 Å². The molecule has 0 atom stereocenters. The summed E-state index contributed by atoms with van der Waals surface area (Å²) in [7, 11) is -1.39. The van der Waals surface area contributed by atoms with Gasteiger partial charge in [-0.25, -0.2) is 0 Å². The number of carbonyl (C=O) groups excluding carboxylic acids is 1. The van der Waals surface area contributed by atoms with Gasteiger partial charge in [-0.1, -0.05) is 129 Å². The van der Waals surface area contributed by atoms with Crippen LogP contribution in [0.2, 0.25) is 25.2 Å². The van der Waals surface area contributed by atoms with Crippen molar-refractivity contribution < 1.29 is 9.53 Å². The molecule has 0 aliphatic carbocycles. The molecule has 3 heteroatoms. The van der Waals surface area contributed by atoms with Crippen molar-refractivity contribution in [1.29, 1.82) is 0 Å². The van der Waals surface area contributed by atoms with Crippen LogP contribution >= 0.6 is 0 Å². The predicted molar refractivity (Wildman–Crippen MR) is 123 cm³/mol. The van der Waals surface area contributed by atoms with E-state index in [9.17, 15) is 4.79 Å². The molecule has 0 radical (unpaired) electrons. The van der Waals surface area contributed by atoms with Crippen molar-refractivity contribution in [2.75, 3.05) is 6.61 Å². The monoisotopic (exact) mass is 398 g/mol. The van der Waals surface area contributed by atoms with Gasteiger partial charge in [0.15, 0.2) is 0 Å². The average molecular weight is 399 g/mol. The lowest BCUT2D eigenvalue weighted by atomic mass is 10.0. The normalized spacial score (nSPS) is 11.7. The average Bonchev–Trinajstić information content (AvgIpc) is 2.61. The minimum absolute atomic E-state index is 0.0191. The fourth-order valence-electron chi connectivity index (χ4n) is 3.84. The largest absolute Gasteiger partial charge is 0.466 e. The van der Waals surface area contributed by atoms with Crippen LogP contribution in [-0.4, -0.2) is 20.7 Å². The van der Waals surface area contributed by atoms with Crippen LogP contribution in [0, 0.1) is 0 Å². The van der Waals surface area contributed by atoms with Crippen LogP contribution in [0.1, 0.15) is 117 Å². The summed E-state index contributed by atoms with van der Waals surface area (Å²) in [4.78, 5) is 11.6. The number of unbranched alkanes of at least 4 members (excludes halogenated alkanes) is 15. The molecule has 0 amide bonds. The van der Waals surface area contributed by atoms with E-state index in [1.54, 1.807) is 0 Å². The van der Waals surface area contributed by atoms with E-state index in [1.165, 1.54) is 109 Å². The van der Waals surface area contributed by atoms with E-state index >= 15 is 0 Å². The molecule has 0 unspecified atom stereocenters. The number of ether oxygens (including phenoxy) is 1. The summed E-state index contributed by atoms with van der Waals surface area (Å²) in [5.74, 6) is 0.0191. The van der Waals surface area contributed by atoms with E-state index < -0.39 is 8.07 Å². The molecular weight excluding hydrogens is 348 g/mol. The second kappa shape index (κ2) is 19.0. The third kappa shape index (κ3) is 20.2. The minimum atomic E-state index is -1.39. The van der Waals surface area contributed by atoms with Gasteiger partial charge in [0.2, 0.25) is 0 Å². The van der Waals surface area contributed by atoms with Gasteiger partial charge in [0, 0.05) is 6.04 Å². The summed E-state index contributed by atoms with van der Waals surface area (Å²) in [5.41, 5.74) is 0. The first-order valence-corrected chi connectivity index (χ1v) is 15.6. The highest BCUT2D eigenvalue weighted by atomic mass is 28.3. The lowest BCUT2D eigenvalue weighted by molar-refractivity contribution is -0.140. The van der Waals surface area contributed by atoms with Crippen molar-refractivity contribution in [3.05, 3.63) is 0 Å². The van der Waals surface area contributed by atoms with Gasteiger partial charge in [-0.3, -0.25) is 4.79 Å². The number of carbonyl (C=O) groups is 1. The van der Waals surface area contributed by atoms with Crippen LogP contribution in [0.3, 0.4) is 0 Å². The Balaban J connectivity index is 3.28. The van der Waals surface area contributed by atoms with Crippen LogP contribution in [0.25, 0.3) is 0 Å². The Bertz CT molecular complexity index is 328. The molecule has 0 aliphatic heterocycles. The Labute approximate surface area is 172 Å². The molecule has 0 N–H and O–H groups in total. The fourth-order valence-corrected chi connectivity index (χ4v) is 6.11. The third-order valence-corrected chi connectivity index (χ3v) is 8.59. The van der Waals surface area contributed by atoms with Crippen LogP contribution in [0.15, 0.2) is 0 Å². The summed E-state index contributed by atoms with van der Waals surface area (Å²) >= 11 is 0. The highest BCUT2D eigenvalue weighted by molar-refractivity contribution is 6.79. The van der Waals surface area contributed by atoms with Gasteiger partial charge in [0.05, 0.1) is 14.7 Å². The van der Waals surface area contributed by atoms with E-state index in [-0.39, 0.29) is 5.97 Å². The Kier molecular flexibility index (Phi) is 18.8. The van der Waals surface area contributed by atoms with E-state index in [0.717, 1.165) is 0 Å².